The molecule has 0 heterocycles. The van der Waals surface area contributed by atoms with Crippen LogP contribution < -0.4 is 0 Å². The molecule has 0 aromatic carbocycles. The number of hydrogen-bond donors (Lipinski definition) is 1. The third kappa shape index (κ3) is 3.60. The lowest BCUT2D eigenvalue weighted by Crippen LogP contribution is -2.32. The lowest BCUT2D eigenvalue weighted by Gasteiger charge is -2.29. The van der Waals surface area contributed by atoms with Crippen molar-refractivity contribution in [1.29, 1.82) is 0 Å². The predicted molar refractivity (Wildman–Crippen MR) is 61.7 cm³/mol. The minimum atomic E-state index is -0.606. The van der Waals surface area contributed by atoms with Gasteiger partial charge in [-0.1, -0.05) is 26.7 Å². The summed E-state index contributed by atoms with van der Waals surface area (Å²) in [6.07, 6.45) is 7.29. The first-order valence-corrected chi connectivity index (χ1v) is 6.36. The summed E-state index contributed by atoms with van der Waals surface area (Å²) in [7, 11) is 0. The van der Waals surface area contributed by atoms with Gasteiger partial charge in [0.25, 0.3) is 0 Å². The zero-order valence-electron chi connectivity index (χ0n) is 10.1. The van der Waals surface area contributed by atoms with Gasteiger partial charge in [0.15, 0.2) is 0 Å². The second-order valence-corrected chi connectivity index (χ2v) is 4.90. The van der Waals surface area contributed by atoms with E-state index in [-0.39, 0.29) is 5.92 Å². The van der Waals surface area contributed by atoms with Crippen LogP contribution in [0.2, 0.25) is 0 Å². The van der Waals surface area contributed by atoms with E-state index in [4.69, 9.17) is 0 Å². The van der Waals surface area contributed by atoms with Crippen molar-refractivity contribution in [3.05, 3.63) is 0 Å². The molecule has 1 rings (SSSR count). The second-order valence-electron chi connectivity index (χ2n) is 4.90. The second kappa shape index (κ2) is 5.64. The van der Waals surface area contributed by atoms with E-state index in [9.17, 15) is 9.90 Å². The summed E-state index contributed by atoms with van der Waals surface area (Å²) in [4.78, 5) is 11.8. The fraction of sp³-hybridized carbons (Fsp3) is 0.923. The van der Waals surface area contributed by atoms with E-state index in [0.717, 1.165) is 38.5 Å². The molecule has 1 unspecified atom stereocenters. The van der Waals surface area contributed by atoms with E-state index in [2.05, 4.69) is 0 Å². The Morgan fingerprint density at radius 3 is 2.53 bits per heavy atom. The molecule has 1 aliphatic rings. The van der Waals surface area contributed by atoms with Crippen molar-refractivity contribution in [1.82, 2.24) is 0 Å². The zero-order valence-corrected chi connectivity index (χ0v) is 10.1. The maximum atomic E-state index is 11.8. The molecule has 15 heavy (non-hydrogen) atoms. The Labute approximate surface area is 93.1 Å². The van der Waals surface area contributed by atoms with Crippen molar-refractivity contribution >= 4 is 5.78 Å². The van der Waals surface area contributed by atoms with Crippen molar-refractivity contribution in [3.8, 4) is 0 Å². The van der Waals surface area contributed by atoms with Gasteiger partial charge in [-0.3, -0.25) is 4.79 Å². The summed E-state index contributed by atoms with van der Waals surface area (Å²) >= 11 is 0. The standard InChI is InChI=1S/C13H24O2/c1-3-13(15,4-2)10-11-8-6-5-7-9-12(11)14/h11,15H,3-10H2,1-2H3. The summed E-state index contributed by atoms with van der Waals surface area (Å²) in [5, 5.41) is 10.2. The Hall–Kier alpha value is -0.370. The summed E-state index contributed by atoms with van der Waals surface area (Å²) in [6, 6.07) is 0. The quantitative estimate of drug-likeness (QED) is 0.727. The van der Waals surface area contributed by atoms with Crippen molar-refractivity contribution in [3.63, 3.8) is 0 Å². The molecule has 1 N–H and O–H groups in total. The Kier molecular flexibility index (Phi) is 4.78. The van der Waals surface area contributed by atoms with Gasteiger partial charge in [-0.05, 0) is 32.1 Å². The first-order valence-electron chi connectivity index (χ1n) is 6.36. The van der Waals surface area contributed by atoms with Gasteiger partial charge in [-0.15, -0.1) is 0 Å². The normalized spacial score (nSPS) is 23.9. The lowest BCUT2D eigenvalue weighted by atomic mass is 9.82. The zero-order chi connectivity index (χ0) is 11.3. The van der Waals surface area contributed by atoms with E-state index < -0.39 is 5.60 Å². The fourth-order valence-electron chi connectivity index (χ4n) is 2.45. The molecule has 2 heteroatoms. The molecule has 1 atom stereocenters. The van der Waals surface area contributed by atoms with E-state index in [1.165, 1.54) is 6.42 Å². The van der Waals surface area contributed by atoms with Gasteiger partial charge >= 0.3 is 0 Å². The number of carbonyl (C=O) groups excluding carboxylic acids is 1. The summed E-state index contributed by atoms with van der Waals surface area (Å²) in [6.45, 7) is 4.01. The highest BCUT2D eigenvalue weighted by molar-refractivity contribution is 5.81. The molecule has 0 aliphatic heterocycles. The molecule has 0 saturated heterocycles. The average Bonchev–Trinajstić information content (AvgIpc) is 2.44. The number of ketones is 1. The smallest absolute Gasteiger partial charge is 0.136 e. The molecule has 0 radical (unpaired) electrons. The van der Waals surface area contributed by atoms with Crippen LogP contribution in [0, 0.1) is 5.92 Å². The van der Waals surface area contributed by atoms with Crippen LogP contribution >= 0.6 is 0 Å². The summed E-state index contributed by atoms with van der Waals surface area (Å²) in [5.74, 6) is 0.505. The largest absolute Gasteiger partial charge is 0.390 e. The maximum absolute atomic E-state index is 11.8. The Morgan fingerprint density at radius 1 is 1.27 bits per heavy atom. The minimum Gasteiger partial charge on any atom is -0.390 e. The van der Waals surface area contributed by atoms with Crippen LogP contribution in [-0.2, 0) is 4.79 Å². The van der Waals surface area contributed by atoms with Gasteiger partial charge in [0.1, 0.15) is 5.78 Å². The fourth-order valence-corrected chi connectivity index (χ4v) is 2.45. The van der Waals surface area contributed by atoms with Gasteiger partial charge in [0.2, 0.25) is 0 Å². The van der Waals surface area contributed by atoms with Gasteiger partial charge in [-0.25, -0.2) is 0 Å². The molecule has 2 nitrogen and oxygen atoms in total. The number of Topliss-reactive ketones (excluding diaryl/α,β-unsaturated/α-hetero) is 1. The van der Waals surface area contributed by atoms with Gasteiger partial charge in [0, 0.05) is 12.3 Å². The van der Waals surface area contributed by atoms with Crippen LogP contribution in [0.4, 0.5) is 0 Å². The third-order valence-electron chi connectivity index (χ3n) is 3.87. The minimum absolute atomic E-state index is 0.123. The number of aliphatic hydroxyl groups is 1. The first-order chi connectivity index (χ1) is 7.11. The van der Waals surface area contributed by atoms with Crippen LogP contribution in [0.25, 0.3) is 0 Å². The number of carbonyl (C=O) groups is 1. The molecular formula is C13H24O2. The molecule has 1 fully saturated rings. The van der Waals surface area contributed by atoms with Crippen LogP contribution in [0.3, 0.4) is 0 Å². The SMILES string of the molecule is CCC(O)(CC)CC1CCCCCC1=O. The number of hydrogen-bond acceptors (Lipinski definition) is 2. The molecule has 0 spiro atoms. The van der Waals surface area contributed by atoms with E-state index in [0.29, 0.717) is 12.2 Å². The predicted octanol–water partition coefficient (Wildman–Crippen LogP) is 3.08. The summed E-state index contributed by atoms with van der Waals surface area (Å²) in [5.41, 5.74) is -0.606. The van der Waals surface area contributed by atoms with Crippen molar-refractivity contribution in [2.75, 3.05) is 0 Å². The van der Waals surface area contributed by atoms with Crippen molar-refractivity contribution in [2.45, 2.75) is 70.8 Å². The molecular weight excluding hydrogens is 188 g/mol. The Morgan fingerprint density at radius 2 is 1.93 bits per heavy atom. The van der Waals surface area contributed by atoms with E-state index >= 15 is 0 Å². The Bertz CT molecular complexity index is 207. The highest BCUT2D eigenvalue weighted by Crippen LogP contribution is 2.30. The monoisotopic (exact) mass is 212 g/mol. The van der Waals surface area contributed by atoms with Crippen LogP contribution in [-0.4, -0.2) is 16.5 Å². The van der Waals surface area contributed by atoms with Crippen LogP contribution in [0.15, 0.2) is 0 Å². The van der Waals surface area contributed by atoms with E-state index in [1.54, 1.807) is 0 Å². The number of rotatable bonds is 4. The highest BCUT2D eigenvalue weighted by atomic mass is 16.3. The summed E-state index contributed by atoms with van der Waals surface area (Å²) < 4.78 is 0. The van der Waals surface area contributed by atoms with Gasteiger partial charge in [-0.2, -0.15) is 0 Å². The molecule has 0 aromatic heterocycles. The molecule has 0 bridgehead atoms. The topological polar surface area (TPSA) is 37.3 Å². The molecule has 88 valence electrons. The molecule has 1 aliphatic carbocycles. The van der Waals surface area contributed by atoms with Crippen molar-refractivity contribution in [2.24, 2.45) is 5.92 Å². The first kappa shape index (κ1) is 12.7. The van der Waals surface area contributed by atoms with Gasteiger partial charge in [0.05, 0.1) is 5.60 Å². The molecule has 0 aromatic rings. The molecule has 0 amide bonds. The van der Waals surface area contributed by atoms with E-state index in [1.807, 2.05) is 13.8 Å². The third-order valence-corrected chi connectivity index (χ3v) is 3.87. The maximum Gasteiger partial charge on any atom is 0.136 e. The Balaban J connectivity index is 2.57. The molecule has 1 saturated carbocycles. The van der Waals surface area contributed by atoms with Crippen LogP contribution in [0.5, 0.6) is 0 Å². The highest BCUT2D eigenvalue weighted by Gasteiger charge is 2.30. The van der Waals surface area contributed by atoms with Crippen LogP contribution in [0.1, 0.15) is 65.2 Å². The lowest BCUT2D eigenvalue weighted by molar-refractivity contribution is -0.125. The van der Waals surface area contributed by atoms with Crippen molar-refractivity contribution < 1.29 is 9.90 Å². The average molecular weight is 212 g/mol. The van der Waals surface area contributed by atoms with Gasteiger partial charge < -0.3 is 5.11 Å².